The van der Waals surface area contributed by atoms with E-state index in [0.29, 0.717) is 0 Å². The average Bonchev–Trinajstić information content (AvgIpc) is 3.14. The molecule has 0 radical (unpaired) electrons. The van der Waals surface area contributed by atoms with Gasteiger partial charge in [-0.05, 0) is 86.9 Å². The number of nitrogens with one attached hydrogen (secondary N) is 1. The van der Waals surface area contributed by atoms with Gasteiger partial charge in [-0.2, -0.15) is 0 Å². The van der Waals surface area contributed by atoms with Crippen LogP contribution in [0, 0.1) is 46.8 Å². The molecule has 5 atom stereocenters. The molecule has 4 heteroatoms. The summed E-state index contributed by atoms with van der Waals surface area (Å²) in [6.45, 7) is 2.18. The summed E-state index contributed by atoms with van der Waals surface area (Å²) in [4.78, 5) is 24.7. The fourth-order valence-corrected chi connectivity index (χ4v) is 7.69. The van der Waals surface area contributed by atoms with Crippen LogP contribution in [-0.2, 0) is 9.59 Å². The van der Waals surface area contributed by atoms with Gasteiger partial charge in [0.1, 0.15) is 0 Å². The van der Waals surface area contributed by atoms with Crippen LogP contribution in [0.3, 0.4) is 0 Å². The molecular formula is C21H29NO3. The fraction of sp³-hybridized carbons (Fsp3) is 0.810. The van der Waals surface area contributed by atoms with Crippen molar-refractivity contribution in [3.05, 3.63) is 12.2 Å². The summed E-state index contributed by atoms with van der Waals surface area (Å²) in [7, 11) is 0. The summed E-state index contributed by atoms with van der Waals surface area (Å²) in [6.07, 6.45) is 12.9. The lowest BCUT2D eigenvalue weighted by atomic mass is 9.48. The summed E-state index contributed by atoms with van der Waals surface area (Å²) < 4.78 is 0. The van der Waals surface area contributed by atoms with E-state index in [-0.39, 0.29) is 35.1 Å². The lowest BCUT2D eigenvalue weighted by Crippen LogP contribution is -2.57. The van der Waals surface area contributed by atoms with Gasteiger partial charge < -0.3 is 10.4 Å². The number of carbonyl (C=O) groups is 2. The van der Waals surface area contributed by atoms with Crippen molar-refractivity contribution < 1.29 is 14.7 Å². The molecule has 5 saturated carbocycles. The van der Waals surface area contributed by atoms with Gasteiger partial charge in [-0.25, -0.2) is 0 Å². The number of carbonyl (C=O) groups excluding carboxylic acids is 1. The SMILES string of the molecule is C[C@@H](NC(=O)[C@H]1[C@@H](C(=O)O)[C@H]2C=C[C@H]1C2)C12CC3CC(CC(C3)C1)C2. The number of hydrogen-bond acceptors (Lipinski definition) is 2. The maximum atomic E-state index is 13.0. The summed E-state index contributed by atoms with van der Waals surface area (Å²) in [5.74, 6) is 1.05. The number of carboxylic acid groups (broad SMARTS) is 1. The number of aliphatic carboxylic acids is 1. The summed E-state index contributed by atoms with van der Waals surface area (Å²) in [5.41, 5.74) is 0.274. The molecule has 0 unspecified atom stereocenters. The first-order valence-electron chi connectivity index (χ1n) is 10.2. The molecule has 0 spiro atoms. The van der Waals surface area contributed by atoms with E-state index in [1.54, 1.807) is 0 Å². The van der Waals surface area contributed by atoms with Crippen molar-refractivity contribution in [3.8, 4) is 0 Å². The predicted molar refractivity (Wildman–Crippen MR) is 93.6 cm³/mol. The van der Waals surface area contributed by atoms with Crippen molar-refractivity contribution in [1.82, 2.24) is 5.32 Å². The van der Waals surface area contributed by atoms with Crippen LogP contribution in [0.25, 0.3) is 0 Å². The molecule has 6 aliphatic carbocycles. The Hall–Kier alpha value is -1.32. The zero-order valence-electron chi connectivity index (χ0n) is 15.0. The van der Waals surface area contributed by atoms with Crippen molar-refractivity contribution in [3.63, 3.8) is 0 Å². The first-order chi connectivity index (χ1) is 11.9. The number of fused-ring (bicyclic) bond motifs is 2. The van der Waals surface area contributed by atoms with Crippen LogP contribution in [0.15, 0.2) is 12.2 Å². The molecule has 0 aliphatic heterocycles. The van der Waals surface area contributed by atoms with E-state index in [1.165, 1.54) is 38.5 Å². The zero-order chi connectivity index (χ0) is 17.3. The van der Waals surface area contributed by atoms with Gasteiger partial charge in [-0.15, -0.1) is 0 Å². The van der Waals surface area contributed by atoms with Gasteiger partial charge in [0.2, 0.25) is 5.91 Å². The highest BCUT2D eigenvalue weighted by atomic mass is 16.4. The highest BCUT2D eigenvalue weighted by molar-refractivity contribution is 5.87. The Kier molecular flexibility index (Phi) is 3.40. The molecule has 25 heavy (non-hydrogen) atoms. The maximum absolute atomic E-state index is 13.0. The topological polar surface area (TPSA) is 66.4 Å². The molecule has 4 nitrogen and oxygen atoms in total. The molecule has 6 rings (SSSR count). The molecule has 6 bridgehead atoms. The van der Waals surface area contributed by atoms with Gasteiger partial charge in [0.15, 0.2) is 0 Å². The van der Waals surface area contributed by atoms with Gasteiger partial charge in [0, 0.05) is 6.04 Å². The lowest BCUT2D eigenvalue weighted by molar-refractivity contribution is -0.148. The first-order valence-corrected chi connectivity index (χ1v) is 10.2. The quantitative estimate of drug-likeness (QED) is 0.770. The number of hydrogen-bond donors (Lipinski definition) is 2. The molecule has 0 saturated heterocycles. The van der Waals surface area contributed by atoms with Crippen molar-refractivity contribution in [2.45, 2.75) is 57.9 Å². The average molecular weight is 343 g/mol. The molecule has 0 heterocycles. The molecule has 2 N–H and O–H groups in total. The van der Waals surface area contributed by atoms with Crippen LogP contribution in [0.5, 0.6) is 0 Å². The number of carboxylic acids is 1. The fourth-order valence-electron chi connectivity index (χ4n) is 7.69. The highest BCUT2D eigenvalue weighted by Gasteiger charge is 2.55. The van der Waals surface area contributed by atoms with Crippen LogP contribution < -0.4 is 5.32 Å². The Bertz CT molecular complexity index is 604. The molecule has 1 amide bonds. The van der Waals surface area contributed by atoms with Gasteiger partial charge in [0.05, 0.1) is 11.8 Å². The number of allylic oxidation sites excluding steroid dienone is 2. The second-order valence-electron chi connectivity index (χ2n) is 9.85. The van der Waals surface area contributed by atoms with Gasteiger partial charge in [-0.3, -0.25) is 9.59 Å². The van der Waals surface area contributed by atoms with Crippen LogP contribution in [-0.4, -0.2) is 23.0 Å². The number of amides is 1. The predicted octanol–water partition coefficient (Wildman–Crippen LogP) is 3.23. The van der Waals surface area contributed by atoms with E-state index in [0.717, 1.165) is 24.2 Å². The van der Waals surface area contributed by atoms with E-state index < -0.39 is 11.9 Å². The lowest BCUT2D eigenvalue weighted by Gasteiger charge is -2.59. The second kappa shape index (κ2) is 5.34. The van der Waals surface area contributed by atoms with Crippen LogP contribution in [0.2, 0.25) is 0 Å². The van der Waals surface area contributed by atoms with Crippen molar-refractivity contribution >= 4 is 11.9 Å². The Balaban J connectivity index is 1.33. The highest BCUT2D eigenvalue weighted by Crippen LogP contribution is 2.61. The summed E-state index contributed by atoms with van der Waals surface area (Å²) in [5, 5.41) is 12.9. The van der Waals surface area contributed by atoms with Crippen LogP contribution in [0.4, 0.5) is 0 Å². The van der Waals surface area contributed by atoms with E-state index in [9.17, 15) is 14.7 Å². The Labute approximate surface area is 149 Å². The minimum Gasteiger partial charge on any atom is -0.481 e. The van der Waals surface area contributed by atoms with Crippen LogP contribution in [0.1, 0.15) is 51.9 Å². The normalized spacial score (nSPS) is 50.2. The van der Waals surface area contributed by atoms with Gasteiger partial charge in [-0.1, -0.05) is 12.2 Å². The Morgan fingerprint density at radius 1 is 0.960 bits per heavy atom. The minimum atomic E-state index is -0.806. The van der Waals surface area contributed by atoms with Gasteiger partial charge >= 0.3 is 5.97 Å². The van der Waals surface area contributed by atoms with E-state index in [2.05, 4.69) is 18.3 Å². The molecule has 136 valence electrons. The Morgan fingerprint density at radius 2 is 1.48 bits per heavy atom. The van der Waals surface area contributed by atoms with Crippen molar-refractivity contribution in [1.29, 1.82) is 0 Å². The summed E-state index contributed by atoms with van der Waals surface area (Å²) in [6, 6.07) is 0.172. The summed E-state index contributed by atoms with van der Waals surface area (Å²) >= 11 is 0. The first kappa shape index (κ1) is 15.9. The molecule has 0 aromatic carbocycles. The van der Waals surface area contributed by atoms with Crippen molar-refractivity contribution in [2.75, 3.05) is 0 Å². The number of rotatable bonds is 4. The van der Waals surface area contributed by atoms with Gasteiger partial charge in [0.25, 0.3) is 0 Å². The Morgan fingerprint density at radius 3 is 2.00 bits per heavy atom. The molecule has 6 aliphatic rings. The van der Waals surface area contributed by atoms with Crippen molar-refractivity contribution in [2.24, 2.45) is 46.8 Å². The molecule has 0 aromatic heterocycles. The maximum Gasteiger partial charge on any atom is 0.307 e. The van der Waals surface area contributed by atoms with E-state index in [4.69, 9.17) is 0 Å². The monoisotopic (exact) mass is 343 g/mol. The third kappa shape index (κ3) is 2.32. The standard InChI is InChI=1S/C21H29NO3/c1-11(21-8-12-4-13(9-21)6-14(5-12)10-21)22-19(23)17-15-2-3-16(7-15)18(17)20(24)25/h2-3,11-18H,4-10H2,1H3,(H,22,23)(H,24,25)/t11-,12?,13?,14?,15+,16+,17-,18+,21?/m1/s1. The van der Waals surface area contributed by atoms with Crippen LogP contribution >= 0.6 is 0 Å². The molecule has 5 fully saturated rings. The van der Waals surface area contributed by atoms with E-state index >= 15 is 0 Å². The largest absolute Gasteiger partial charge is 0.481 e. The third-order valence-corrected chi connectivity index (χ3v) is 8.41. The molecular weight excluding hydrogens is 314 g/mol. The smallest absolute Gasteiger partial charge is 0.307 e. The van der Waals surface area contributed by atoms with E-state index in [1.807, 2.05) is 6.08 Å². The minimum absolute atomic E-state index is 0.00695. The third-order valence-electron chi connectivity index (χ3n) is 8.41. The zero-order valence-corrected chi connectivity index (χ0v) is 15.0. The molecule has 0 aromatic rings. The second-order valence-corrected chi connectivity index (χ2v) is 9.85.